The summed E-state index contributed by atoms with van der Waals surface area (Å²) >= 11 is 0. The molecule has 1 aromatic heterocycles. The Morgan fingerprint density at radius 2 is 1.89 bits per heavy atom. The molecule has 0 radical (unpaired) electrons. The number of hydrogen-bond donors (Lipinski definition) is 2. The summed E-state index contributed by atoms with van der Waals surface area (Å²) in [4.78, 5) is 24.4. The first kappa shape index (κ1) is 18.1. The molecular weight excluding hydrogens is 348 g/mol. The molecule has 4 aliphatic carbocycles. The number of pyridine rings is 1. The van der Waals surface area contributed by atoms with E-state index in [0.717, 1.165) is 37.5 Å². The highest BCUT2D eigenvalue weighted by Gasteiger charge is 2.50. The first-order valence-corrected chi connectivity index (χ1v) is 9.72. The molecule has 1 heterocycles. The fraction of sp³-hybridized carbons (Fsp3) is 0.650. The highest BCUT2D eigenvalue weighted by Crippen LogP contribution is 2.54. The lowest BCUT2D eigenvalue weighted by Gasteiger charge is -2.53. The van der Waals surface area contributed by atoms with E-state index in [2.05, 4.69) is 5.32 Å². The maximum absolute atomic E-state index is 12.5. The molecule has 146 valence electrons. The number of carboxylic acids is 1. The standard InChI is InChI=1S/C20H26N2O5/c1-20(18(23)24,10-12-3-2-4-22(26)11-12)21-19(25)27-17-15-6-13-5-14(8-15)9-16(17)7-13/h2-4,11,13-17H,5-10H2,1H3,(H,21,25)(H,23,24). The van der Waals surface area contributed by atoms with Crippen LogP contribution in [0.25, 0.3) is 0 Å². The number of hydrogen-bond acceptors (Lipinski definition) is 4. The van der Waals surface area contributed by atoms with Crippen LogP contribution in [0.4, 0.5) is 4.79 Å². The van der Waals surface area contributed by atoms with Gasteiger partial charge < -0.3 is 20.4 Å². The Balaban J connectivity index is 1.42. The number of amides is 1. The van der Waals surface area contributed by atoms with Crippen LogP contribution in [0.2, 0.25) is 0 Å². The van der Waals surface area contributed by atoms with Gasteiger partial charge >= 0.3 is 12.1 Å². The summed E-state index contributed by atoms with van der Waals surface area (Å²) < 4.78 is 6.37. The lowest BCUT2D eigenvalue weighted by atomic mass is 9.55. The maximum atomic E-state index is 12.5. The quantitative estimate of drug-likeness (QED) is 0.608. The minimum atomic E-state index is -1.54. The second kappa shape index (κ2) is 6.69. The molecule has 4 aliphatic rings. The fourth-order valence-corrected chi connectivity index (χ4v) is 5.63. The molecule has 4 bridgehead atoms. The third-order valence-electron chi connectivity index (χ3n) is 6.63. The number of ether oxygens (including phenoxy) is 1. The molecule has 0 spiro atoms. The van der Waals surface area contributed by atoms with Gasteiger partial charge in [0.25, 0.3) is 0 Å². The van der Waals surface area contributed by atoms with E-state index in [1.54, 1.807) is 12.1 Å². The van der Waals surface area contributed by atoms with Gasteiger partial charge in [0, 0.05) is 18.1 Å². The van der Waals surface area contributed by atoms with Gasteiger partial charge in [0.05, 0.1) is 0 Å². The van der Waals surface area contributed by atoms with Gasteiger partial charge in [0.1, 0.15) is 11.6 Å². The van der Waals surface area contributed by atoms with Crippen LogP contribution < -0.4 is 10.0 Å². The molecule has 27 heavy (non-hydrogen) atoms. The van der Waals surface area contributed by atoms with E-state index in [9.17, 15) is 19.9 Å². The topological polar surface area (TPSA) is 103 Å². The molecule has 4 fully saturated rings. The molecule has 5 rings (SSSR count). The minimum Gasteiger partial charge on any atom is -0.619 e. The predicted octanol–water partition coefficient (Wildman–Crippen LogP) is 2.26. The molecule has 1 amide bonds. The fourth-order valence-electron chi connectivity index (χ4n) is 5.63. The van der Waals surface area contributed by atoms with Crippen molar-refractivity contribution >= 4 is 12.1 Å². The van der Waals surface area contributed by atoms with Gasteiger partial charge in [0.2, 0.25) is 0 Å². The van der Waals surface area contributed by atoms with Gasteiger partial charge in [-0.05, 0) is 68.8 Å². The van der Waals surface area contributed by atoms with Gasteiger partial charge in [-0.3, -0.25) is 0 Å². The zero-order chi connectivity index (χ0) is 19.2. The highest BCUT2D eigenvalue weighted by molar-refractivity contribution is 5.84. The van der Waals surface area contributed by atoms with Crippen molar-refractivity contribution in [3.8, 4) is 0 Å². The third kappa shape index (κ3) is 3.59. The number of alkyl carbamates (subject to hydrolysis) is 1. The van der Waals surface area contributed by atoms with Crippen LogP contribution in [0.15, 0.2) is 24.5 Å². The Morgan fingerprint density at radius 3 is 2.44 bits per heavy atom. The number of carbonyl (C=O) groups is 2. The van der Waals surface area contributed by atoms with Crippen LogP contribution in [0.5, 0.6) is 0 Å². The summed E-state index contributed by atoms with van der Waals surface area (Å²) in [5.41, 5.74) is -1.01. The molecule has 0 aliphatic heterocycles. The molecule has 0 aromatic carbocycles. The zero-order valence-electron chi connectivity index (χ0n) is 15.5. The third-order valence-corrected chi connectivity index (χ3v) is 6.63. The van der Waals surface area contributed by atoms with E-state index in [1.165, 1.54) is 25.7 Å². The summed E-state index contributed by atoms with van der Waals surface area (Å²) in [6.07, 6.45) is 7.66. The van der Waals surface area contributed by atoms with E-state index >= 15 is 0 Å². The summed E-state index contributed by atoms with van der Waals surface area (Å²) in [6, 6.07) is 3.22. The van der Waals surface area contributed by atoms with Gasteiger partial charge in [-0.15, -0.1) is 0 Å². The molecular formula is C20H26N2O5. The van der Waals surface area contributed by atoms with Crippen molar-refractivity contribution < 1.29 is 24.2 Å². The second-order valence-electron chi connectivity index (χ2n) is 8.81. The first-order valence-electron chi connectivity index (χ1n) is 9.72. The van der Waals surface area contributed by atoms with Gasteiger partial charge in [0.15, 0.2) is 12.4 Å². The number of carboxylic acid groups (broad SMARTS) is 1. The van der Waals surface area contributed by atoms with E-state index in [-0.39, 0.29) is 12.5 Å². The number of nitrogens with zero attached hydrogens (tertiary/aromatic N) is 1. The zero-order valence-corrected chi connectivity index (χ0v) is 15.5. The van der Waals surface area contributed by atoms with Crippen LogP contribution in [0.1, 0.15) is 44.6 Å². The van der Waals surface area contributed by atoms with Crippen molar-refractivity contribution in [1.82, 2.24) is 5.32 Å². The normalized spacial score (nSPS) is 33.3. The number of aliphatic carboxylic acids is 1. The van der Waals surface area contributed by atoms with Gasteiger partial charge in [-0.1, -0.05) is 0 Å². The maximum Gasteiger partial charge on any atom is 0.408 e. The second-order valence-corrected chi connectivity index (χ2v) is 8.81. The highest BCUT2D eigenvalue weighted by atomic mass is 16.6. The Morgan fingerprint density at radius 1 is 1.26 bits per heavy atom. The Labute approximate surface area is 158 Å². The number of nitrogens with one attached hydrogen (secondary N) is 1. The molecule has 1 unspecified atom stereocenters. The Bertz CT molecular complexity index is 724. The molecule has 7 nitrogen and oxygen atoms in total. The average molecular weight is 374 g/mol. The smallest absolute Gasteiger partial charge is 0.408 e. The lowest BCUT2D eigenvalue weighted by Crippen LogP contribution is -2.56. The van der Waals surface area contributed by atoms with Crippen molar-refractivity contribution in [2.24, 2.45) is 23.7 Å². The largest absolute Gasteiger partial charge is 0.619 e. The SMILES string of the molecule is CC(Cc1ccc[n+]([O-])c1)(NC(=O)OC1C2CC3CC(C2)CC1C3)C(=O)O. The summed E-state index contributed by atoms with van der Waals surface area (Å²) in [5.74, 6) is 1.22. The molecule has 1 aromatic rings. The Hall–Kier alpha value is -2.31. The van der Waals surface area contributed by atoms with Crippen molar-refractivity contribution in [2.75, 3.05) is 0 Å². The van der Waals surface area contributed by atoms with Gasteiger partial charge in [-0.2, -0.15) is 4.73 Å². The summed E-state index contributed by atoms with van der Waals surface area (Å²) in [7, 11) is 0. The van der Waals surface area contributed by atoms with Crippen LogP contribution in [0.3, 0.4) is 0 Å². The van der Waals surface area contributed by atoms with Crippen molar-refractivity contribution in [2.45, 2.75) is 57.1 Å². The van der Waals surface area contributed by atoms with Crippen LogP contribution >= 0.6 is 0 Å². The van der Waals surface area contributed by atoms with E-state index in [1.807, 2.05) is 0 Å². The predicted molar refractivity (Wildman–Crippen MR) is 95.6 cm³/mol. The average Bonchev–Trinajstić information content (AvgIpc) is 2.57. The minimum absolute atomic E-state index is 0.00217. The van der Waals surface area contributed by atoms with Crippen molar-refractivity contribution in [3.63, 3.8) is 0 Å². The number of rotatable bonds is 5. The van der Waals surface area contributed by atoms with Crippen LogP contribution in [0, 0.1) is 28.9 Å². The number of carbonyl (C=O) groups excluding carboxylic acids is 1. The molecule has 7 heteroatoms. The summed E-state index contributed by atoms with van der Waals surface area (Å²) in [5, 5.41) is 23.6. The van der Waals surface area contributed by atoms with E-state index < -0.39 is 17.6 Å². The van der Waals surface area contributed by atoms with Crippen LogP contribution in [-0.4, -0.2) is 28.8 Å². The summed E-state index contributed by atoms with van der Waals surface area (Å²) in [6.45, 7) is 1.44. The lowest BCUT2D eigenvalue weighted by molar-refractivity contribution is -0.605. The van der Waals surface area contributed by atoms with Gasteiger partial charge in [-0.25, -0.2) is 9.59 Å². The number of aromatic nitrogens is 1. The van der Waals surface area contributed by atoms with Crippen molar-refractivity contribution in [3.05, 3.63) is 35.3 Å². The first-order chi connectivity index (χ1) is 12.8. The van der Waals surface area contributed by atoms with E-state index in [0.29, 0.717) is 22.1 Å². The molecule has 2 N–H and O–H groups in total. The van der Waals surface area contributed by atoms with Crippen LogP contribution in [-0.2, 0) is 16.0 Å². The Kier molecular flexibility index (Phi) is 4.48. The van der Waals surface area contributed by atoms with Crippen molar-refractivity contribution in [1.29, 1.82) is 0 Å². The van der Waals surface area contributed by atoms with E-state index in [4.69, 9.17) is 4.74 Å². The monoisotopic (exact) mass is 374 g/mol. The molecule has 1 atom stereocenters. The molecule has 4 saturated carbocycles. The molecule has 0 saturated heterocycles.